The van der Waals surface area contributed by atoms with E-state index >= 15 is 0 Å². The Morgan fingerprint density at radius 1 is 1.26 bits per heavy atom. The highest BCUT2D eigenvalue weighted by atomic mass is 35.5. The Morgan fingerprint density at radius 2 is 2.00 bits per heavy atom. The molecule has 1 aromatic carbocycles. The first-order chi connectivity index (χ1) is 11.2. The first kappa shape index (κ1) is 15.6. The predicted molar refractivity (Wildman–Crippen MR) is 84.3 cm³/mol. The van der Waals surface area contributed by atoms with Gasteiger partial charge in [0.2, 0.25) is 0 Å². The fourth-order valence-corrected chi connectivity index (χ4v) is 2.41. The van der Waals surface area contributed by atoms with E-state index in [0.29, 0.717) is 24.5 Å². The third kappa shape index (κ3) is 4.32. The highest BCUT2D eigenvalue weighted by Crippen LogP contribution is 2.17. The zero-order chi connectivity index (χ0) is 16.1. The van der Waals surface area contributed by atoms with Gasteiger partial charge >= 0.3 is 12.1 Å². The second-order valence-electron chi connectivity index (χ2n) is 5.20. The molecule has 1 fully saturated rings. The van der Waals surface area contributed by atoms with Gasteiger partial charge in [0.15, 0.2) is 0 Å². The summed E-state index contributed by atoms with van der Waals surface area (Å²) >= 11 is 5.73. The molecule has 7 heteroatoms. The second kappa shape index (κ2) is 7.28. The minimum absolute atomic E-state index is 0.138. The van der Waals surface area contributed by atoms with Crippen LogP contribution in [0.25, 0.3) is 0 Å². The number of ether oxygens (including phenoxy) is 2. The Hall–Kier alpha value is -2.34. The molecule has 1 aromatic heterocycles. The Balaban J connectivity index is 1.47. The number of amides is 1. The van der Waals surface area contributed by atoms with E-state index in [-0.39, 0.29) is 24.8 Å². The van der Waals surface area contributed by atoms with E-state index in [1.807, 2.05) is 30.3 Å². The number of hydrogen-bond donors (Lipinski definition) is 0. The number of carbonyl (C=O) groups excluding carboxylic acids is 1. The molecule has 1 atom stereocenters. The maximum absolute atomic E-state index is 12.1. The van der Waals surface area contributed by atoms with E-state index in [1.54, 1.807) is 4.90 Å². The van der Waals surface area contributed by atoms with Crippen LogP contribution >= 0.6 is 11.6 Å². The van der Waals surface area contributed by atoms with E-state index in [2.05, 4.69) is 9.97 Å². The van der Waals surface area contributed by atoms with Gasteiger partial charge in [0.25, 0.3) is 0 Å². The zero-order valence-corrected chi connectivity index (χ0v) is 13.1. The van der Waals surface area contributed by atoms with Crippen molar-refractivity contribution in [2.45, 2.75) is 19.1 Å². The average Bonchev–Trinajstić information content (AvgIpc) is 3.04. The molecule has 3 rings (SSSR count). The summed E-state index contributed by atoms with van der Waals surface area (Å²) in [4.78, 5) is 21.7. The summed E-state index contributed by atoms with van der Waals surface area (Å²) in [6, 6.07) is 9.84. The lowest BCUT2D eigenvalue weighted by Crippen LogP contribution is -2.31. The summed E-state index contributed by atoms with van der Waals surface area (Å²) in [6.45, 7) is 1.31. The molecule has 23 heavy (non-hydrogen) atoms. The molecule has 6 nitrogen and oxygen atoms in total. The summed E-state index contributed by atoms with van der Waals surface area (Å²) in [5.74, 6) is 0. The van der Waals surface area contributed by atoms with Crippen molar-refractivity contribution in [1.82, 2.24) is 14.9 Å². The molecule has 120 valence electrons. The molecule has 2 aromatic rings. The number of rotatable bonds is 4. The minimum Gasteiger partial charge on any atom is -0.458 e. The Labute approximate surface area is 139 Å². The molecular formula is C16H16ClN3O3. The molecule has 0 bridgehead atoms. The fraction of sp³-hybridized carbons (Fsp3) is 0.312. The van der Waals surface area contributed by atoms with Gasteiger partial charge in [-0.1, -0.05) is 41.9 Å². The molecule has 0 aliphatic carbocycles. The van der Waals surface area contributed by atoms with Gasteiger partial charge in [0.05, 0.1) is 24.0 Å². The van der Waals surface area contributed by atoms with Crippen LogP contribution in [-0.4, -0.2) is 40.2 Å². The molecular weight excluding hydrogens is 318 g/mol. The van der Waals surface area contributed by atoms with E-state index in [9.17, 15) is 4.79 Å². The largest absolute Gasteiger partial charge is 0.458 e. The van der Waals surface area contributed by atoms with Crippen molar-refractivity contribution in [3.63, 3.8) is 0 Å². The van der Waals surface area contributed by atoms with Crippen LogP contribution in [0.3, 0.4) is 0 Å². The van der Waals surface area contributed by atoms with Crippen LogP contribution in [0.2, 0.25) is 5.02 Å². The smallest absolute Gasteiger partial charge is 0.410 e. The normalized spacial score (nSPS) is 17.1. The van der Waals surface area contributed by atoms with Gasteiger partial charge in [-0.05, 0) is 5.56 Å². The first-order valence-corrected chi connectivity index (χ1v) is 7.68. The monoisotopic (exact) mass is 333 g/mol. The molecule has 1 amide bonds. The standard InChI is InChI=1S/C16H16ClN3O3/c17-13-8-18-15(19-9-13)23-14-6-7-20(10-14)16(21)22-11-12-4-2-1-3-5-12/h1-5,8-9,14H,6-7,10-11H2. The molecule has 0 N–H and O–H groups in total. The quantitative estimate of drug-likeness (QED) is 0.860. The number of likely N-dealkylation sites (tertiary alicyclic amines) is 1. The molecule has 2 heterocycles. The van der Waals surface area contributed by atoms with Crippen LogP contribution in [0.15, 0.2) is 42.7 Å². The lowest BCUT2D eigenvalue weighted by Gasteiger charge is -2.16. The summed E-state index contributed by atoms with van der Waals surface area (Å²) in [7, 11) is 0. The van der Waals surface area contributed by atoms with Crippen molar-refractivity contribution >= 4 is 17.7 Å². The third-order valence-electron chi connectivity index (χ3n) is 3.48. The summed E-state index contributed by atoms with van der Waals surface area (Å²) in [5.41, 5.74) is 0.961. The van der Waals surface area contributed by atoms with Crippen molar-refractivity contribution in [1.29, 1.82) is 0 Å². The van der Waals surface area contributed by atoms with E-state index < -0.39 is 0 Å². The topological polar surface area (TPSA) is 64.5 Å². The van der Waals surface area contributed by atoms with Gasteiger partial charge in [-0.3, -0.25) is 0 Å². The van der Waals surface area contributed by atoms with E-state index in [4.69, 9.17) is 21.1 Å². The van der Waals surface area contributed by atoms with Crippen LogP contribution in [0.1, 0.15) is 12.0 Å². The molecule has 0 saturated carbocycles. The molecule has 1 aliphatic heterocycles. The highest BCUT2D eigenvalue weighted by Gasteiger charge is 2.29. The van der Waals surface area contributed by atoms with Gasteiger partial charge in [-0.15, -0.1) is 0 Å². The first-order valence-electron chi connectivity index (χ1n) is 7.30. The minimum atomic E-state index is -0.336. The summed E-state index contributed by atoms with van der Waals surface area (Å²) in [6.07, 6.45) is 3.19. The van der Waals surface area contributed by atoms with Crippen molar-refractivity contribution < 1.29 is 14.3 Å². The van der Waals surface area contributed by atoms with E-state index in [1.165, 1.54) is 12.4 Å². The van der Waals surface area contributed by atoms with E-state index in [0.717, 1.165) is 5.56 Å². The van der Waals surface area contributed by atoms with Gasteiger partial charge in [-0.25, -0.2) is 14.8 Å². The van der Waals surface area contributed by atoms with Crippen LogP contribution in [0, 0.1) is 0 Å². The molecule has 0 radical (unpaired) electrons. The lowest BCUT2D eigenvalue weighted by atomic mass is 10.2. The number of aromatic nitrogens is 2. The third-order valence-corrected chi connectivity index (χ3v) is 3.67. The maximum Gasteiger partial charge on any atom is 0.410 e. The number of nitrogens with zero attached hydrogens (tertiary/aromatic N) is 3. The summed E-state index contributed by atoms with van der Waals surface area (Å²) in [5, 5.41) is 0.454. The average molecular weight is 334 g/mol. The van der Waals surface area contributed by atoms with Crippen LogP contribution in [-0.2, 0) is 11.3 Å². The number of halogens is 1. The Morgan fingerprint density at radius 3 is 2.74 bits per heavy atom. The van der Waals surface area contributed by atoms with Crippen molar-refractivity contribution in [2.24, 2.45) is 0 Å². The number of carbonyl (C=O) groups is 1. The number of hydrogen-bond acceptors (Lipinski definition) is 5. The van der Waals surface area contributed by atoms with Gasteiger partial charge in [-0.2, -0.15) is 0 Å². The Kier molecular flexibility index (Phi) is 4.92. The maximum atomic E-state index is 12.1. The molecule has 1 unspecified atom stereocenters. The zero-order valence-electron chi connectivity index (χ0n) is 12.4. The van der Waals surface area contributed by atoms with Crippen molar-refractivity contribution in [3.8, 4) is 6.01 Å². The fourth-order valence-electron chi connectivity index (χ4n) is 2.31. The van der Waals surface area contributed by atoms with Crippen LogP contribution in [0.4, 0.5) is 4.79 Å². The van der Waals surface area contributed by atoms with Gasteiger partial charge < -0.3 is 14.4 Å². The SMILES string of the molecule is O=C(OCc1ccccc1)N1CCC(Oc2ncc(Cl)cn2)C1. The van der Waals surface area contributed by atoms with Crippen molar-refractivity contribution in [3.05, 3.63) is 53.3 Å². The number of benzene rings is 1. The Bertz CT molecular complexity index is 651. The van der Waals surface area contributed by atoms with Gasteiger partial charge in [0, 0.05) is 13.0 Å². The predicted octanol–water partition coefficient (Wildman–Crippen LogP) is 2.92. The van der Waals surface area contributed by atoms with Crippen molar-refractivity contribution in [2.75, 3.05) is 13.1 Å². The second-order valence-corrected chi connectivity index (χ2v) is 5.64. The molecule has 0 spiro atoms. The summed E-state index contributed by atoms with van der Waals surface area (Å²) < 4.78 is 11.0. The van der Waals surface area contributed by atoms with Gasteiger partial charge in [0.1, 0.15) is 12.7 Å². The molecule has 1 aliphatic rings. The molecule has 1 saturated heterocycles. The van der Waals surface area contributed by atoms with Crippen LogP contribution in [0.5, 0.6) is 6.01 Å². The highest BCUT2D eigenvalue weighted by molar-refractivity contribution is 6.30. The van der Waals surface area contributed by atoms with Crippen LogP contribution < -0.4 is 4.74 Å². The lowest BCUT2D eigenvalue weighted by molar-refractivity contribution is 0.0983.